The molecule has 0 spiro atoms. The van der Waals surface area contributed by atoms with Gasteiger partial charge >= 0.3 is 0 Å². The number of carbonyl (C=O) groups excluding carboxylic acids is 1. The van der Waals surface area contributed by atoms with Gasteiger partial charge in [0.05, 0.1) is 18.8 Å². The predicted molar refractivity (Wildman–Crippen MR) is 109 cm³/mol. The quantitative estimate of drug-likeness (QED) is 0.743. The molecule has 29 heavy (non-hydrogen) atoms. The van der Waals surface area contributed by atoms with Crippen LogP contribution in [0.5, 0.6) is 5.75 Å². The SMILES string of the molecule is CCOc1ccc(-n2nnnc2CN2CCN(C(=O)C3CCCCC3)CC2)cc1. The molecule has 4 rings (SSSR count). The molecule has 0 bridgehead atoms. The molecule has 2 heterocycles. The van der Waals surface area contributed by atoms with Crippen LogP contribution >= 0.6 is 0 Å². The third-order valence-corrected chi connectivity index (χ3v) is 5.93. The molecule has 2 fully saturated rings. The van der Waals surface area contributed by atoms with Crippen LogP contribution in [0.25, 0.3) is 5.69 Å². The Balaban J connectivity index is 1.33. The molecule has 8 heteroatoms. The fraction of sp³-hybridized carbons (Fsp3) is 0.619. The van der Waals surface area contributed by atoms with E-state index in [4.69, 9.17) is 4.74 Å². The summed E-state index contributed by atoms with van der Waals surface area (Å²) in [6.07, 6.45) is 5.81. The van der Waals surface area contributed by atoms with Gasteiger partial charge in [-0.1, -0.05) is 19.3 Å². The van der Waals surface area contributed by atoms with Crippen molar-refractivity contribution in [2.75, 3.05) is 32.8 Å². The predicted octanol–water partition coefficient (Wildman–Crippen LogP) is 2.29. The van der Waals surface area contributed by atoms with Gasteiger partial charge in [-0.25, -0.2) is 0 Å². The van der Waals surface area contributed by atoms with Crippen molar-refractivity contribution in [3.8, 4) is 11.4 Å². The molecule has 2 aliphatic rings. The van der Waals surface area contributed by atoms with Crippen LogP contribution in [0.1, 0.15) is 44.9 Å². The zero-order chi connectivity index (χ0) is 20.1. The van der Waals surface area contributed by atoms with Gasteiger partial charge in [-0.15, -0.1) is 5.10 Å². The smallest absolute Gasteiger partial charge is 0.225 e. The number of hydrogen-bond acceptors (Lipinski definition) is 6. The van der Waals surface area contributed by atoms with Crippen LogP contribution in [0.15, 0.2) is 24.3 Å². The van der Waals surface area contributed by atoms with Crippen molar-refractivity contribution in [1.82, 2.24) is 30.0 Å². The second kappa shape index (κ2) is 9.35. The average Bonchev–Trinajstić information content (AvgIpc) is 3.23. The molecule has 1 amide bonds. The lowest BCUT2D eigenvalue weighted by atomic mass is 9.88. The Kier molecular flexibility index (Phi) is 6.39. The topological polar surface area (TPSA) is 76.4 Å². The van der Waals surface area contributed by atoms with Crippen LogP contribution in [0.3, 0.4) is 0 Å². The van der Waals surface area contributed by atoms with Crippen molar-refractivity contribution in [3.63, 3.8) is 0 Å². The highest BCUT2D eigenvalue weighted by Gasteiger charge is 2.28. The summed E-state index contributed by atoms with van der Waals surface area (Å²) in [7, 11) is 0. The van der Waals surface area contributed by atoms with Gasteiger partial charge in [0, 0.05) is 32.1 Å². The number of carbonyl (C=O) groups is 1. The summed E-state index contributed by atoms with van der Waals surface area (Å²) in [5.74, 6) is 2.26. The van der Waals surface area contributed by atoms with Gasteiger partial charge in [0.1, 0.15) is 5.75 Å². The van der Waals surface area contributed by atoms with Crippen molar-refractivity contribution in [2.24, 2.45) is 5.92 Å². The molecule has 0 unspecified atom stereocenters. The van der Waals surface area contributed by atoms with Crippen molar-refractivity contribution >= 4 is 5.91 Å². The van der Waals surface area contributed by atoms with E-state index in [2.05, 4.69) is 25.3 Å². The summed E-state index contributed by atoms with van der Waals surface area (Å²) in [5.41, 5.74) is 0.916. The highest BCUT2D eigenvalue weighted by atomic mass is 16.5. The van der Waals surface area contributed by atoms with Crippen molar-refractivity contribution in [2.45, 2.75) is 45.6 Å². The fourth-order valence-electron chi connectivity index (χ4n) is 4.29. The number of tetrazole rings is 1. The normalized spacial score (nSPS) is 18.7. The maximum Gasteiger partial charge on any atom is 0.225 e. The number of amides is 1. The Labute approximate surface area is 171 Å². The third kappa shape index (κ3) is 4.75. The minimum atomic E-state index is 0.252. The molecule has 0 radical (unpaired) electrons. The van der Waals surface area contributed by atoms with E-state index in [0.29, 0.717) is 19.1 Å². The van der Waals surface area contributed by atoms with E-state index < -0.39 is 0 Å². The number of aromatic nitrogens is 4. The molecule has 1 aliphatic carbocycles. The summed E-state index contributed by atoms with van der Waals surface area (Å²) < 4.78 is 7.27. The Morgan fingerprint density at radius 1 is 1.07 bits per heavy atom. The molecule has 1 aromatic heterocycles. The first-order valence-electron chi connectivity index (χ1n) is 10.8. The van der Waals surface area contributed by atoms with Crippen LogP contribution in [-0.4, -0.2) is 68.7 Å². The number of hydrogen-bond donors (Lipinski definition) is 0. The maximum atomic E-state index is 12.8. The van der Waals surface area contributed by atoms with Gasteiger partial charge in [0.15, 0.2) is 5.82 Å². The zero-order valence-corrected chi connectivity index (χ0v) is 17.2. The van der Waals surface area contributed by atoms with Crippen LogP contribution in [0.2, 0.25) is 0 Å². The minimum Gasteiger partial charge on any atom is -0.494 e. The van der Waals surface area contributed by atoms with E-state index in [1.807, 2.05) is 31.2 Å². The molecule has 0 atom stereocenters. The molecular weight excluding hydrogens is 368 g/mol. The van der Waals surface area contributed by atoms with E-state index in [1.165, 1.54) is 19.3 Å². The summed E-state index contributed by atoms with van der Waals surface area (Å²) >= 11 is 0. The summed E-state index contributed by atoms with van der Waals surface area (Å²) in [5, 5.41) is 12.2. The highest BCUT2D eigenvalue weighted by Crippen LogP contribution is 2.26. The van der Waals surface area contributed by atoms with E-state index in [0.717, 1.165) is 56.3 Å². The lowest BCUT2D eigenvalue weighted by molar-refractivity contribution is -0.138. The molecule has 8 nitrogen and oxygen atoms in total. The Morgan fingerprint density at radius 2 is 1.79 bits per heavy atom. The van der Waals surface area contributed by atoms with Gasteiger partial charge in [0.2, 0.25) is 5.91 Å². The molecule has 2 aromatic rings. The Bertz CT molecular complexity index is 792. The number of benzene rings is 1. The third-order valence-electron chi connectivity index (χ3n) is 5.93. The van der Waals surface area contributed by atoms with Crippen molar-refractivity contribution in [1.29, 1.82) is 0 Å². The Morgan fingerprint density at radius 3 is 2.48 bits per heavy atom. The van der Waals surface area contributed by atoms with E-state index in [1.54, 1.807) is 4.68 Å². The van der Waals surface area contributed by atoms with Crippen molar-refractivity contribution < 1.29 is 9.53 Å². The monoisotopic (exact) mass is 398 g/mol. The first-order chi connectivity index (χ1) is 14.2. The number of piperazine rings is 1. The summed E-state index contributed by atoms with van der Waals surface area (Å²) in [4.78, 5) is 17.1. The molecule has 1 saturated heterocycles. The van der Waals surface area contributed by atoms with Gasteiger partial charge in [-0.2, -0.15) is 4.68 Å². The lowest BCUT2D eigenvalue weighted by Crippen LogP contribution is -2.50. The van der Waals surface area contributed by atoms with Crippen LogP contribution in [-0.2, 0) is 11.3 Å². The standard InChI is InChI=1S/C21H30N6O2/c1-2-29-19-10-8-18(9-11-19)27-20(22-23-24-27)16-25-12-14-26(15-13-25)21(28)17-6-4-3-5-7-17/h8-11,17H,2-7,12-16H2,1H3. The molecule has 1 saturated carbocycles. The van der Waals surface area contributed by atoms with Crippen LogP contribution < -0.4 is 4.74 Å². The highest BCUT2D eigenvalue weighted by molar-refractivity contribution is 5.79. The van der Waals surface area contributed by atoms with Gasteiger partial charge in [-0.05, 0) is 54.5 Å². The first-order valence-corrected chi connectivity index (χ1v) is 10.8. The molecule has 1 aromatic carbocycles. The second-order valence-electron chi connectivity index (χ2n) is 7.87. The molecular formula is C21H30N6O2. The van der Waals surface area contributed by atoms with Crippen LogP contribution in [0.4, 0.5) is 0 Å². The zero-order valence-electron chi connectivity index (χ0n) is 17.2. The second-order valence-corrected chi connectivity index (χ2v) is 7.87. The number of nitrogens with zero attached hydrogens (tertiary/aromatic N) is 6. The van der Waals surface area contributed by atoms with E-state index in [-0.39, 0.29) is 5.92 Å². The van der Waals surface area contributed by atoms with E-state index >= 15 is 0 Å². The van der Waals surface area contributed by atoms with Gasteiger partial charge in [0.25, 0.3) is 0 Å². The van der Waals surface area contributed by atoms with Gasteiger partial charge < -0.3 is 9.64 Å². The fourth-order valence-corrected chi connectivity index (χ4v) is 4.29. The molecule has 0 N–H and O–H groups in total. The lowest BCUT2D eigenvalue weighted by Gasteiger charge is -2.36. The summed E-state index contributed by atoms with van der Waals surface area (Å²) in [6.45, 7) is 6.58. The molecule has 1 aliphatic heterocycles. The largest absolute Gasteiger partial charge is 0.494 e. The van der Waals surface area contributed by atoms with E-state index in [9.17, 15) is 4.79 Å². The minimum absolute atomic E-state index is 0.252. The maximum absolute atomic E-state index is 12.8. The van der Waals surface area contributed by atoms with Crippen LogP contribution in [0, 0.1) is 5.92 Å². The molecule has 156 valence electrons. The summed E-state index contributed by atoms with van der Waals surface area (Å²) in [6, 6.07) is 7.79. The number of ether oxygens (including phenoxy) is 1. The number of rotatable bonds is 6. The average molecular weight is 399 g/mol. The Hall–Kier alpha value is -2.48. The first kappa shape index (κ1) is 19.8. The van der Waals surface area contributed by atoms with Gasteiger partial charge in [-0.3, -0.25) is 9.69 Å². The van der Waals surface area contributed by atoms with Crippen molar-refractivity contribution in [3.05, 3.63) is 30.1 Å².